The molecule has 2 aliphatic heterocycles. The Morgan fingerprint density at radius 1 is 0.523 bits per heavy atom. The second kappa shape index (κ2) is 9.65. The first-order valence-corrected chi connectivity index (χ1v) is 15.5. The SMILES string of the molecule is CC[Si]On1c2nc3nc(nc4[nH]c(nc5nc(nc1c1ccccc12)-c1ccccc1-5)c1ccccc41)-c1ccccc1-3. The maximum absolute atomic E-state index is 6.39. The van der Waals surface area contributed by atoms with Crippen LogP contribution >= 0.6 is 0 Å². The molecule has 0 amide bonds. The minimum absolute atomic E-state index is 0.207. The molecule has 9 nitrogen and oxygen atoms in total. The second-order valence-electron chi connectivity index (χ2n) is 10.5. The van der Waals surface area contributed by atoms with E-state index in [0.29, 0.717) is 45.9 Å². The molecule has 0 saturated heterocycles. The molecule has 0 unspecified atom stereocenters. The van der Waals surface area contributed by atoms with Crippen LogP contribution in [-0.2, 0) is 0 Å². The second-order valence-corrected chi connectivity index (χ2v) is 11.7. The van der Waals surface area contributed by atoms with E-state index < -0.39 is 0 Å². The molecule has 1 N–H and O–H groups in total. The van der Waals surface area contributed by atoms with Crippen molar-refractivity contribution in [1.29, 1.82) is 0 Å². The first kappa shape index (κ1) is 24.8. The molecule has 5 heterocycles. The van der Waals surface area contributed by atoms with Crippen molar-refractivity contribution in [2.24, 2.45) is 0 Å². The number of nitrogens with zero attached hydrogens (tertiary/aromatic N) is 7. The highest BCUT2D eigenvalue weighted by Crippen LogP contribution is 2.37. The summed E-state index contributed by atoms with van der Waals surface area (Å²) in [5.74, 6) is 2.28. The van der Waals surface area contributed by atoms with Crippen molar-refractivity contribution in [3.05, 3.63) is 97.1 Å². The van der Waals surface area contributed by atoms with Crippen LogP contribution in [0.25, 0.3) is 89.7 Å². The number of hydrogen-bond acceptors (Lipinski definition) is 7. The van der Waals surface area contributed by atoms with Crippen LogP contribution in [-0.4, -0.2) is 49.4 Å². The van der Waals surface area contributed by atoms with Crippen molar-refractivity contribution in [3.8, 4) is 45.6 Å². The van der Waals surface area contributed by atoms with Gasteiger partial charge in [-0.2, -0.15) is 4.73 Å². The van der Waals surface area contributed by atoms with Gasteiger partial charge in [0.2, 0.25) is 0 Å². The van der Waals surface area contributed by atoms with Gasteiger partial charge in [0.25, 0.3) is 0 Å². The monoisotopic (exact) mass is 586 g/mol. The third-order valence-electron chi connectivity index (χ3n) is 7.87. The minimum atomic E-state index is 0.207. The van der Waals surface area contributed by atoms with E-state index in [1.807, 2.05) is 97.1 Å². The van der Waals surface area contributed by atoms with Crippen LogP contribution in [0, 0.1) is 0 Å². The summed E-state index contributed by atoms with van der Waals surface area (Å²) in [5, 5.41) is 3.70. The predicted octanol–water partition coefficient (Wildman–Crippen LogP) is 6.83. The Hall–Kier alpha value is -5.74. The van der Waals surface area contributed by atoms with Gasteiger partial charge in [-0.3, -0.25) is 0 Å². The first-order chi connectivity index (χ1) is 21.8. The van der Waals surface area contributed by atoms with Gasteiger partial charge in [0, 0.05) is 43.8 Å². The Balaban J connectivity index is 1.52. The molecule has 4 aromatic carbocycles. The smallest absolute Gasteiger partial charge is 0.351 e. The van der Waals surface area contributed by atoms with Crippen LogP contribution in [0.1, 0.15) is 6.92 Å². The zero-order chi connectivity index (χ0) is 29.2. The fraction of sp³-hybridized carbons (Fsp3) is 0.0588. The summed E-state index contributed by atoms with van der Waals surface area (Å²) in [5.41, 5.74) is 6.20. The molecule has 0 atom stereocenters. The lowest BCUT2D eigenvalue weighted by molar-refractivity contribution is 0.315. The van der Waals surface area contributed by atoms with E-state index in [-0.39, 0.29) is 9.76 Å². The summed E-state index contributed by atoms with van der Waals surface area (Å²) < 4.78 is 8.13. The number of benzene rings is 4. The van der Waals surface area contributed by atoms with Crippen LogP contribution in [0.4, 0.5) is 0 Å². The van der Waals surface area contributed by atoms with Gasteiger partial charge in [-0.05, 0) is 6.04 Å². The molecule has 9 rings (SSSR count). The number of aromatic amines is 1. The zero-order valence-electron chi connectivity index (χ0n) is 23.5. The van der Waals surface area contributed by atoms with Gasteiger partial charge in [-0.15, -0.1) is 0 Å². The van der Waals surface area contributed by atoms with Crippen molar-refractivity contribution < 1.29 is 4.53 Å². The summed E-state index contributed by atoms with van der Waals surface area (Å²) in [6.45, 7) is 2.09. The lowest BCUT2D eigenvalue weighted by atomic mass is 10.1. The van der Waals surface area contributed by atoms with Crippen molar-refractivity contribution >= 4 is 53.9 Å². The van der Waals surface area contributed by atoms with Crippen molar-refractivity contribution in [2.75, 3.05) is 0 Å². The van der Waals surface area contributed by atoms with Crippen LogP contribution in [0.15, 0.2) is 97.1 Å². The van der Waals surface area contributed by atoms with Gasteiger partial charge in [0.1, 0.15) is 11.3 Å². The molecule has 10 heteroatoms. The van der Waals surface area contributed by atoms with E-state index in [1.165, 1.54) is 0 Å². The molecule has 2 radical (unpaired) electrons. The number of rotatable bonds is 3. The summed E-state index contributed by atoms with van der Waals surface area (Å²) >= 11 is 0. The van der Waals surface area contributed by atoms with Gasteiger partial charge in [-0.1, -0.05) is 104 Å². The largest absolute Gasteiger partial charge is 0.465 e. The predicted molar refractivity (Wildman–Crippen MR) is 173 cm³/mol. The highest BCUT2D eigenvalue weighted by Gasteiger charge is 2.23. The Morgan fingerprint density at radius 2 is 0.909 bits per heavy atom. The van der Waals surface area contributed by atoms with Crippen LogP contribution in [0.3, 0.4) is 0 Å². The topological polar surface area (TPSA) is 107 Å². The summed E-state index contributed by atoms with van der Waals surface area (Å²) in [6, 6.07) is 33.1. The third-order valence-corrected chi connectivity index (χ3v) is 8.47. The molecule has 8 bridgehead atoms. The average molecular weight is 587 g/mol. The Kier molecular flexibility index (Phi) is 5.44. The quantitative estimate of drug-likeness (QED) is 0.226. The van der Waals surface area contributed by atoms with E-state index in [9.17, 15) is 0 Å². The van der Waals surface area contributed by atoms with Gasteiger partial charge < -0.3 is 9.51 Å². The number of nitrogens with one attached hydrogen (secondary N) is 1. The molecule has 44 heavy (non-hydrogen) atoms. The number of fused-ring (bicyclic) bond motifs is 20. The fourth-order valence-electron chi connectivity index (χ4n) is 5.88. The van der Waals surface area contributed by atoms with Crippen molar-refractivity contribution in [2.45, 2.75) is 13.0 Å². The van der Waals surface area contributed by atoms with E-state index in [1.54, 1.807) is 4.73 Å². The normalized spacial score (nSPS) is 11.9. The molecule has 0 fully saturated rings. The van der Waals surface area contributed by atoms with Gasteiger partial charge in [0.15, 0.2) is 34.6 Å². The highest BCUT2D eigenvalue weighted by atomic mass is 28.2. The van der Waals surface area contributed by atoms with Crippen LogP contribution in [0.2, 0.25) is 6.04 Å². The molecular formula is C34H22N8OSi. The summed E-state index contributed by atoms with van der Waals surface area (Å²) in [4.78, 5) is 33.9. The van der Waals surface area contributed by atoms with Crippen molar-refractivity contribution in [1.82, 2.24) is 39.6 Å². The number of H-pyrrole nitrogens is 1. The molecular weight excluding hydrogens is 565 g/mol. The highest BCUT2D eigenvalue weighted by molar-refractivity contribution is 6.27. The maximum Gasteiger partial charge on any atom is 0.351 e. The van der Waals surface area contributed by atoms with Crippen molar-refractivity contribution in [3.63, 3.8) is 0 Å². The molecule has 7 aromatic rings. The first-order valence-electron chi connectivity index (χ1n) is 14.4. The lowest BCUT2D eigenvalue weighted by Crippen LogP contribution is -2.15. The Labute approximate surface area is 253 Å². The number of aromatic nitrogens is 8. The Bertz CT molecular complexity index is 2300. The molecule has 0 spiro atoms. The lowest BCUT2D eigenvalue weighted by Gasteiger charge is -2.06. The zero-order valence-corrected chi connectivity index (χ0v) is 24.5. The van der Waals surface area contributed by atoms with E-state index in [0.717, 1.165) is 49.8 Å². The molecule has 0 aliphatic carbocycles. The molecule has 208 valence electrons. The summed E-state index contributed by atoms with van der Waals surface area (Å²) in [7, 11) is 0.207. The standard InChI is InChI=1S/C34H22N8OSi/c1-2-44-43-42-33-25-17-9-10-18-26(25)34(42)41-32-24-16-8-6-14-22(24)30(39-32)37-28-20-12-4-3-11-19(20)27(35-28)36-29-21-13-5-7-15-23(21)31(38-29)40-33/h3-18H,2H2,1H3,(H,35,36,37,38,39,40,41). The maximum atomic E-state index is 6.39. The fourth-order valence-corrected chi connectivity index (χ4v) is 6.31. The van der Waals surface area contributed by atoms with E-state index in [4.69, 9.17) is 34.4 Å². The Morgan fingerprint density at radius 3 is 1.34 bits per heavy atom. The van der Waals surface area contributed by atoms with Gasteiger partial charge >= 0.3 is 9.76 Å². The average Bonchev–Trinajstić information content (AvgIpc) is 3.78. The summed E-state index contributed by atoms with van der Waals surface area (Å²) in [6.07, 6.45) is 0. The number of hydrogen-bond donors (Lipinski definition) is 1. The molecule has 2 aliphatic rings. The van der Waals surface area contributed by atoms with Crippen LogP contribution < -0.4 is 4.53 Å². The minimum Gasteiger partial charge on any atom is -0.465 e. The van der Waals surface area contributed by atoms with Gasteiger partial charge in [-0.25, -0.2) is 29.9 Å². The molecule has 0 saturated carbocycles. The van der Waals surface area contributed by atoms with Gasteiger partial charge in [0.05, 0.1) is 0 Å². The third kappa shape index (κ3) is 3.71. The van der Waals surface area contributed by atoms with E-state index in [2.05, 4.69) is 11.9 Å². The molecule has 3 aromatic heterocycles. The van der Waals surface area contributed by atoms with E-state index >= 15 is 0 Å². The van der Waals surface area contributed by atoms with Crippen LogP contribution in [0.5, 0.6) is 0 Å².